The van der Waals surface area contributed by atoms with Gasteiger partial charge < -0.3 is 66.0 Å². The summed E-state index contributed by atoms with van der Waals surface area (Å²) in [7, 11) is 0. The molecular formula is C52H73ClN14O10. The Morgan fingerprint density at radius 3 is 2.04 bits per heavy atom. The molecule has 0 spiro atoms. The van der Waals surface area contributed by atoms with E-state index in [1.807, 2.05) is 24.3 Å². The van der Waals surface area contributed by atoms with Gasteiger partial charge in [-0.1, -0.05) is 54.4 Å². The van der Waals surface area contributed by atoms with Crippen molar-refractivity contribution in [1.82, 2.24) is 31.6 Å². The molecule has 7 atom stereocenters. The van der Waals surface area contributed by atoms with E-state index in [0.717, 1.165) is 10.9 Å². The summed E-state index contributed by atoms with van der Waals surface area (Å²) in [6.45, 7) is 1.40. The average molecular weight is 1090 g/mol. The Morgan fingerprint density at radius 1 is 0.701 bits per heavy atom. The summed E-state index contributed by atoms with van der Waals surface area (Å²) < 4.78 is 0. The topological polar surface area (TPSA) is 427 Å². The second-order valence-corrected chi connectivity index (χ2v) is 19.6. The highest BCUT2D eigenvalue weighted by molar-refractivity contribution is 6.31. The van der Waals surface area contributed by atoms with Crippen molar-refractivity contribution in [1.29, 1.82) is 0 Å². The Kier molecular flexibility index (Phi) is 25.0. The molecule has 25 heteroatoms. The van der Waals surface area contributed by atoms with Gasteiger partial charge in [0.15, 0.2) is 17.7 Å². The maximum atomic E-state index is 14.8. The minimum atomic E-state index is -1.54. The molecule has 24 nitrogen and oxygen atoms in total. The minimum absolute atomic E-state index is 0.0129. The van der Waals surface area contributed by atoms with E-state index < -0.39 is 114 Å². The molecule has 1 saturated heterocycles. The number of fused-ring (bicyclic) bond motifs is 1. The van der Waals surface area contributed by atoms with E-state index in [2.05, 4.69) is 41.6 Å². The lowest BCUT2D eigenvalue weighted by Gasteiger charge is -2.27. The Morgan fingerprint density at radius 2 is 1.36 bits per heavy atom. The maximum absolute atomic E-state index is 14.8. The molecule has 2 heterocycles. The normalized spacial score (nSPS) is 21.1. The number of aromatic nitrogens is 1. The van der Waals surface area contributed by atoms with Crippen molar-refractivity contribution in [3.05, 3.63) is 70.9 Å². The van der Waals surface area contributed by atoms with Crippen LogP contribution in [0.5, 0.6) is 0 Å². The maximum Gasteiger partial charge on any atom is 0.243 e. The molecule has 18 N–H and O–H groups in total. The highest BCUT2D eigenvalue weighted by atomic mass is 35.5. The lowest BCUT2D eigenvalue weighted by Crippen LogP contribution is -2.58. The third kappa shape index (κ3) is 21.3. The second kappa shape index (κ2) is 31.2. The van der Waals surface area contributed by atoms with E-state index in [1.54, 1.807) is 30.5 Å². The number of benzene rings is 2. The number of hydrogen-bond donors (Lipinski definition) is 12. The van der Waals surface area contributed by atoms with Crippen LogP contribution in [0.25, 0.3) is 10.9 Å². The van der Waals surface area contributed by atoms with Crippen LogP contribution in [0.4, 0.5) is 0 Å². The number of guanidine groups is 2. The lowest BCUT2D eigenvalue weighted by molar-refractivity contribution is -0.135. The van der Waals surface area contributed by atoms with Crippen LogP contribution in [0, 0.1) is 11.8 Å². The Bertz CT molecular complexity index is 2650. The van der Waals surface area contributed by atoms with Crippen molar-refractivity contribution in [3.63, 3.8) is 0 Å². The summed E-state index contributed by atoms with van der Waals surface area (Å²) in [6.07, 6.45) is 0.259. The van der Waals surface area contributed by atoms with Crippen molar-refractivity contribution in [2.45, 2.75) is 140 Å². The fourth-order valence-electron chi connectivity index (χ4n) is 9.01. The predicted octanol–water partition coefficient (Wildman–Crippen LogP) is -0.0175. The van der Waals surface area contributed by atoms with Crippen LogP contribution in [0.1, 0.15) is 108 Å². The number of rotatable bonds is 19. The largest absolute Gasteiger partial charge is 0.370 e. The van der Waals surface area contributed by atoms with Crippen LogP contribution >= 0.6 is 11.6 Å². The molecule has 1 aliphatic heterocycles. The molecule has 2 aromatic carbocycles. The molecule has 0 unspecified atom stereocenters. The highest BCUT2D eigenvalue weighted by Crippen LogP contribution is 2.27. The zero-order valence-electron chi connectivity index (χ0n) is 43.3. The summed E-state index contributed by atoms with van der Waals surface area (Å²) in [5.41, 5.74) is 35.3. The summed E-state index contributed by atoms with van der Waals surface area (Å²) >= 11 is 6.60. The van der Waals surface area contributed by atoms with E-state index in [0.29, 0.717) is 11.1 Å². The van der Waals surface area contributed by atoms with Gasteiger partial charge in [-0.3, -0.25) is 57.9 Å². The number of carbonyl (C=O) groups is 10. The van der Waals surface area contributed by atoms with Crippen molar-refractivity contribution < 1.29 is 47.9 Å². The number of aliphatic imine (C=N–C) groups is 2. The number of nitrogens with one attached hydrogen (secondary N) is 6. The summed E-state index contributed by atoms with van der Waals surface area (Å²) in [4.78, 5) is 149. The molecule has 3 aromatic rings. The zero-order chi connectivity index (χ0) is 56.6. The zero-order valence-corrected chi connectivity index (χ0v) is 44.0. The Labute approximate surface area is 451 Å². The van der Waals surface area contributed by atoms with Crippen LogP contribution in [0.2, 0.25) is 5.02 Å². The molecule has 0 bridgehead atoms. The van der Waals surface area contributed by atoms with Gasteiger partial charge in [-0.15, -0.1) is 0 Å². The highest BCUT2D eigenvalue weighted by Gasteiger charge is 2.35. The number of primary amides is 2. The van der Waals surface area contributed by atoms with E-state index >= 15 is 0 Å². The first kappa shape index (κ1) is 61.7. The molecule has 418 valence electrons. The van der Waals surface area contributed by atoms with E-state index in [9.17, 15) is 47.9 Å². The van der Waals surface area contributed by atoms with Crippen molar-refractivity contribution in [2.24, 2.45) is 56.2 Å². The van der Waals surface area contributed by atoms with Gasteiger partial charge in [0.1, 0.15) is 35.7 Å². The second-order valence-electron chi connectivity index (χ2n) is 19.2. The third-order valence-corrected chi connectivity index (χ3v) is 13.5. The van der Waals surface area contributed by atoms with Gasteiger partial charge in [-0.05, 0) is 81.0 Å². The number of hydrogen-bond acceptors (Lipinski definition) is 12. The van der Waals surface area contributed by atoms with Gasteiger partial charge in [-0.25, -0.2) is 0 Å². The van der Waals surface area contributed by atoms with Crippen LogP contribution in [0.15, 0.2) is 64.7 Å². The number of carbonyl (C=O) groups excluding carboxylic acids is 10. The standard InChI is InChI=1S/C52H73ClN14O10/c1-29(68)63-39(17-9-23-61-52(58)59)48(75)65-40-16-6-3-12-34(69)18-19-38(46(55)73)64-47(74)32(24-33-28-62-37-15-7-4-13-35(33)37)27-43(70)31(11-8-22-60-51(56)57)26-44(71)42(25-30-10-2-5-14-36(30)53)67-50(77)41(66-49(40)76)20-21-45(54)72/h2,4-5,7,10,13-15,28,31-32,38-42,62H,3,6,8-9,11-12,16-27H2,1H3,(H2,54,72)(H2,55,73)(H,63,68)(H,64,74)(H,65,75)(H,66,76)(H,67,77)(H4,56,57,60)(H4,58,59,61)/t31-,32-,38+,39+,40+,41+,42-/m1/s1. The van der Waals surface area contributed by atoms with Crippen LogP contribution in [-0.2, 0) is 60.8 Å². The predicted molar refractivity (Wildman–Crippen MR) is 289 cm³/mol. The number of nitrogens with zero attached hydrogens (tertiary/aromatic N) is 2. The Balaban J connectivity index is 1.80. The first-order valence-electron chi connectivity index (χ1n) is 25.6. The van der Waals surface area contributed by atoms with Crippen LogP contribution in [-0.4, -0.2) is 119 Å². The summed E-state index contributed by atoms with van der Waals surface area (Å²) in [5, 5.41) is 14.3. The number of Topliss-reactive ketones (excluding diaryl/α,β-unsaturated/α-hetero) is 3. The Hall–Kier alpha value is -7.89. The van der Waals surface area contributed by atoms with E-state index in [1.165, 1.54) is 6.92 Å². The number of halogens is 1. The van der Waals surface area contributed by atoms with Gasteiger partial charge in [0.05, 0.1) is 6.04 Å². The number of nitrogens with two attached hydrogens (primary N) is 6. The minimum Gasteiger partial charge on any atom is -0.370 e. The molecule has 1 aromatic heterocycles. The van der Waals surface area contributed by atoms with Gasteiger partial charge >= 0.3 is 0 Å². The summed E-state index contributed by atoms with van der Waals surface area (Å²) in [5.74, 6) is -9.63. The van der Waals surface area contributed by atoms with Gasteiger partial charge in [0.2, 0.25) is 41.4 Å². The third-order valence-electron chi connectivity index (χ3n) is 13.1. The SMILES string of the molecule is CC(=O)N[C@@H](CCCN=C(N)N)C(=O)N[C@H]1CCCCC(=O)CC[C@@H](C(N)=O)NC(=O)[C@H](Cc2c[nH]c3ccccc23)CC(=O)[C@H](CCCN=C(N)N)CC(=O)[C@@H](Cc2ccccc2Cl)NC(=O)[C@H](CCC(N)=O)NC1=O. The molecule has 7 amide bonds. The lowest BCUT2D eigenvalue weighted by atomic mass is 9.83. The number of aromatic amines is 1. The number of para-hydroxylation sites is 1. The van der Waals surface area contributed by atoms with E-state index in [4.69, 9.17) is 46.0 Å². The smallest absolute Gasteiger partial charge is 0.243 e. The molecule has 0 aliphatic carbocycles. The quantitative estimate of drug-likeness (QED) is 0.0427. The van der Waals surface area contributed by atoms with Crippen LogP contribution < -0.4 is 61.0 Å². The fraction of sp³-hybridized carbons (Fsp3) is 0.500. The van der Waals surface area contributed by atoms with Crippen LogP contribution in [0.3, 0.4) is 0 Å². The molecule has 0 saturated carbocycles. The molecule has 4 rings (SSSR count). The van der Waals surface area contributed by atoms with Gasteiger partial charge in [0, 0.05) is 92.5 Å². The number of amides is 7. The number of H-pyrrole nitrogens is 1. The fourth-order valence-corrected chi connectivity index (χ4v) is 9.22. The van der Waals surface area contributed by atoms with Crippen molar-refractivity contribution >= 4 is 93.1 Å². The monoisotopic (exact) mass is 1090 g/mol. The van der Waals surface area contributed by atoms with Gasteiger partial charge in [0.25, 0.3) is 0 Å². The molecule has 1 aliphatic rings. The molecule has 0 radical (unpaired) electrons. The first-order chi connectivity index (χ1) is 36.6. The molecule has 77 heavy (non-hydrogen) atoms. The van der Waals surface area contributed by atoms with E-state index in [-0.39, 0.29) is 119 Å². The van der Waals surface area contributed by atoms with Crippen molar-refractivity contribution in [3.8, 4) is 0 Å². The summed E-state index contributed by atoms with van der Waals surface area (Å²) in [6, 6.07) is 7.08. The van der Waals surface area contributed by atoms with Crippen molar-refractivity contribution in [2.75, 3.05) is 13.1 Å². The first-order valence-corrected chi connectivity index (χ1v) is 26.0. The average Bonchev–Trinajstić information content (AvgIpc) is 3.78. The number of ketones is 3. The molecular weight excluding hydrogens is 1020 g/mol. The molecule has 1 fully saturated rings. The van der Waals surface area contributed by atoms with Gasteiger partial charge in [-0.2, -0.15) is 0 Å².